The molecule has 0 unspecified atom stereocenters. The van der Waals surface area contributed by atoms with Gasteiger partial charge in [0.2, 0.25) is 0 Å². The highest BCUT2D eigenvalue weighted by atomic mass is 35.5. The van der Waals surface area contributed by atoms with Gasteiger partial charge in [-0.3, -0.25) is 10.1 Å². The second-order valence-electron chi connectivity index (χ2n) is 4.31. The van der Waals surface area contributed by atoms with Gasteiger partial charge in [0.15, 0.2) is 0 Å². The van der Waals surface area contributed by atoms with Crippen LogP contribution in [-0.2, 0) is 0 Å². The van der Waals surface area contributed by atoms with Crippen LogP contribution in [0.5, 0.6) is 0 Å². The molecule has 5 heteroatoms. The molecule has 0 heterocycles. The third kappa shape index (κ3) is 4.04. The first kappa shape index (κ1) is 16.7. The van der Waals surface area contributed by atoms with E-state index in [1.807, 2.05) is 13.8 Å². The molecule has 0 fully saturated rings. The van der Waals surface area contributed by atoms with Crippen LogP contribution in [0.1, 0.15) is 30.5 Å². The summed E-state index contributed by atoms with van der Waals surface area (Å²) in [6, 6.07) is 7.32. The quantitative estimate of drug-likeness (QED) is 0.464. The van der Waals surface area contributed by atoms with Crippen LogP contribution < -0.4 is 0 Å². The normalized spacial score (nSPS) is 13.0. The molecule has 0 aliphatic carbocycles. The SMILES string of the molecule is C\C=C(/C(Cl)=C\C(=C/C)[N+](=O)[O-])c1ccc(C#N)cc1C. The third-order valence-electron chi connectivity index (χ3n) is 2.97. The summed E-state index contributed by atoms with van der Waals surface area (Å²) >= 11 is 6.23. The van der Waals surface area contributed by atoms with E-state index in [2.05, 4.69) is 6.07 Å². The molecule has 21 heavy (non-hydrogen) atoms. The van der Waals surface area contributed by atoms with Crippen molar-refractivity contribution in [3.8, 4) is 6.07 Å². The Balaban J connectivity index is 3.30. The average molecular weight is 303 g/mol. The number of allylic oxidation sites excluding steroid dienone is 5. The zero-order valence-corrected chi connectivity index (χ0v) is 12.8. The van der Waals surface area contributed by atoms with Crippen molar-refractivity contribution < 1.29 is 4.92 Å². The molecule has 0 N–H and O–H groups in total. The Morgan fingerprint density at radius 3 is 2.48 bits per heavy atom. The zero-order valence-electron chi connectivity index (χ0n) is 12.1. The summed E-state index contributed by atoms with van der Waals surface area (Å²) < 4.78 is 0. The second-order valence-corrected chi connectivity index (χ2v) is 4.71. The van der Waals surface area contributed by atoms with Gasteiger partial charge in [0.25, 0.3) is 5.70 Å². The summed E-state index contributed by atoms with van der Waals surface area (Å²) in [6.07, 6.45) is 4.51. The lowest BCUT2D eigenvalue weighted by Crippen LogP contribution is -1.97. The van der Waals surface area contributed by atoms with E-state index >= 15 is 0 Å². The molecule has 0 atom stereocenters. The van der Waals surface area contributed by atoms with Crippen molar-refractivity contribution in [2.24, 2.45) is 0 Å². The minimum atomic E-state index is -0.485. The number of hydrogen-bond acceptors (Lipinski definition) is 3. The van der Waals surface area contributed by atoms with Gasteiger partial charge < -0.3 is 0 Å². The topological polar surface area (TPSA) is 66.9 Å². The van der Waals surface area contributed by atoms with Crippen LogP contribution in [0.15, 0.2) is 47.2 Å². The number of halogens is 1. The molecule has 0 bridgehead atoms. The van der Waals surface area contributed by atoms with E-state index in [9.17, 15) is 10.1 Å². The molecule has 108 valence electrons. The van der Waals surface area contributed by atoms with Crippen molar-refractivity contribution in [1.82, 2.24) is 0 Å². The first-order chi connectivity index (χ1) is 9.94. The van der Waals surface area contributed by atoms with Gasteiger partial charge >= 0.3 is 0 Å². The Morgan fingerprint density at radius 1 is 1.38 bits per heavy atom. The van der Waals surface area contributed by atoms with Crippen LogP contribution in [0.4, 0.5) is 0 Å². The molecule has 0 saturated carbocycles. The monoisotopic (exact) mass is 302 g/mol. The fraction of sp³-hybridized carbons (Fsp3) is 0.188. The summed E-state index contributed by atoms with van der Waals surface area (Å²) in [7, 11) is 0. The van der Waals surface area contributed by atoms with E-state index in [0.717, 1.165) is 11.1 Å². The van der Waals surface area contributed by atoms with Crippen LogP contribution in [0, 0.1) is 28.4 Å². The number of nitrogens with zero attached hydrogens (tertiary/aromatic N) is 2. The molecular weight excluding hydrogens is 288 g/mol. The van der Waals surface area contributed by atoms with E-state index in [0.29, 0.717) is 11.1 Å². The van der Waals surface area contributed by atoms with E-state index in [4.69, 9.17) is 16.9 Å². The first-order valence-corrected chi connectivity index (χ1v) is 6.68. The Kier molecular flexibility index (Phi) is 5.89. The predicted molar refractivity (Wildman–Crippen MR) is 84.2 cm³/mol. The van der Waals surface area contributed by atoms with E-state index in [-0.39, 0.29) is 10.7 Å². The fourth-order valence-electron chi connectivity index (χ4n) is 1.91. The molecule has 0 amide bonds. The van der Waals surface area contributed by atoms with Gasteiger partial charge in [0.05, 0.1) is 21.6 Å². The summed E-state index contributed by atoms with van der Waals surface area (Å²) in [6.45, 7) is 5.26. The maximum absolute atomic E-state index is 10.8. The molecule has 4 nitrogen and oxygen atoms in total. The first-order valence-electron chi connectivity index (χ1n) is 6.30. The van der Waals surface area contributed by atoms with Gasteiger partial charge in [-0.05, 0) is 55.7 Å². The molecule has 0 radical (unpaired) electrons. The van der Waals surface area contributed by atoms with Gasteiger partial charge in [-0.1, -0.05) is 23.7 Å². The summed E-state index contributed by atoms with van der Waals surface area (Å²) in [5.74, 6) is 0. The van der Waals surface area contributed by atoms with Crippen molar-refractivity contribution in [3.63, 3.8) is 0 Å². The Labute approximate surface area is 128 Å². The van der Waals surface area contributed by atoms with Crippen LogP contribution in [0.2, 0.25) is 0 Å². The van der Waals surface area contributed by atoms with E-state index < -0.39 is 4.92 Å². The highest BCUT2D eigenvalue weighted by Gasteiger charge is 2.13. The van der Waals surface area contributed by atoms with Crippen LogP contribution >= 0.6 is 11.6 Å². The third-order valence-corrected chi connectivity index (χ3v) is 3.29. The molecule has 1 rings (SSSR count). The van der Waals surface area contributed by atoms with Gasteiger partial charge in [0, 0.05) is 6.08 Å². The molecule has 1 aromatic carbocycles. The van der Waals surface area contributed by atoms with Crippen molar-refractivity contribution in [3.05, 3.63) is 74.0 Å². The maximum atomic E-state index is 10.8. The lowest BCUT2D eigenvalue weighted by molar-refractivity contribution is -0.419. The minimum absolute atomic E-state index is 0.0642. The molecule has 0 saturated heterocycles. The molecule has 1 aromatic rings. The smallest absolute Gasteiger partial charge is 0.258 e. The van der Waals surface area contributed by atoms with Crippen LogP contribution in [0.3, 0.4) is 0 Å². The Morgan fingerprint density at radius 2 is 2.05 bits per heavy atom. The number of aryl methyl sites for hydroxylation is 1. The summed E-state index contributed by atoms with van der Waals surface area (Å²) in [4.78, 5) is 10.4. The van der Waals surface area contributed by atoms with Gasteiger partial charge in [-0.15, -0.1) is 0 Å². The number of hydrogen-bond donors (Lipinski definition) is 0. The van der Waals surface area contributed by atoms with Crippen molar-refractivity contribution in [2.75, 3.05) is 0 Å². The van der Waals surface area contributed by atoms with Crippen molar-refractivity contribution >= 4 is 17.2 Å². The molecule has 0 aliphatic rings. The Bertz CT molecular complexity index is 695. The van der Waals surface area contributed by atoms with Gasteiger partial charge in [0.1, 0.15) is 0 Å². The van der Waals surface area contributed by atoms with Crippen LogP contribution in [0.25, 0.3) is 5.57 Å². The lowest BCUT2D eigenvalue weighted by atomic mass is 9.97. The molecule has 0 spiro atoms. The summed E-state index contributed by atoms with van der Waals surface area (Å²) in [5, 5.41) is 20.0. The number of rotatable bonds is 4. The molecule has 0 aromatic heterocycles. The summed E-state index contributed by atoms with van der Waals surface area (Å²) in [5.41, 5.74) is 2.92. The van der Waals surface area contributed by atoms with Crippen LogP contribution in [-0.4, -0.2) is 4.92 Å². The predicted octanol–water partition coefficient (Wildman–Crippen LogP) is 4.57. The standard InChI is InChI=1S/C16H15ClN2O2/c1-4-13(19(20)21)9-16(17)14(5-2)15-7-6-12(10-18)8-11(15)3/h4-9H,1-3H3/b13-4+,14-5-,16-9+. The molecular formula is C16H15ClN2O2. The fourth-order valence-corrected chi connectivity index (χ4v) is 2.23. The minimum Gasteiger partial charge on any atom is -0.258 e. The lowest BCUT2D eigenvalue weighted by Gasteiger charge is -2.10. The second kappa shape index (κ2) is 7.41. The largest absolute Gasteiger partial charge is 0.266 e. The van der Waals surface area contributed by atoms with E-state index in [1.54, 1.807) is 31.2 Å². The zero-order chi connectivity index (χ0) is 16.0. The average Bonchev–Trinajstić information content (AvgIpc) is 2.46. The highest BCUT2D eigenvalue weighted by Crippen LogP contribution is 2.30. The molecule has 0 aliphatic heterocycles. The van der Waals surface area contributed by atoms with Crippen molar-refractivity contribution in [1.29, 1.82) is 5.26 Å². The van der Waals surface area contributed by atoms with Gasteiger partial charge in [-0.25, -0.2) is 0 Å². The van der Waals surface area contributed by atoms with E-state index in [1.165, 1.54) is 12.2 Å². The maximum Gasteiger partial charge on any atom is 0.266 e. The Hall–Kier alpha value is -2.38. The highest BCUT2D eigenvalue weighted by molar-refractivity contribution is 6.37. The number of benzene rings is 1. The van der Waals surface area contributed by atoms with Crippen molar-refractivity contribution in [2.45, 2.75) is 20.8 Å². The number of nitro groups is 1. The number of nitriles is 1. The van der Waals surface area contributed by atoms with Gasteiger partial charge in [-0.2, -0.15) is 5.26 Å².